The molecule has 2 N–H and O–H groups in total. The highest BCUT2D eigenvalue weighted by Gasteiger charge is 2.19. The van der Waals surface area contributed by atoms with Gasteiger partial charge in [-0.3, -0.25) is 9.58 Å². The van der Waals surface area contributed by atoms with Crippen molar-refractivity contribution in [2.75, 3.05) is 19.6 Å². The Morgan fingerprint density at radius 3 is 2.75 bits per heavy atom. The lowest BCUT2D eigenvalue weighted by atomic mass is 9.93. The average molecular weight is 222 g/mol. The SMILES string of the molecule is Cn1nccc1CN1CCC(CCN)CC1. The lowest BCUT2D eigenvalue weighted by Crippen LogP contribution is -2.34. The fourth-order valence-corrected chi connectivity index (χ4v) is 2.45. The quantitative estimate of drug-likeness (QED) is 0.826. The van der Waals surface area contributed by atoms with Crippen LogP contribution in [0.15, 0.2) is 12.3 Å². The maximum atomic E-state index is 5.60. The van der Waals surface area contributed by atoms with Gasteiger partial charge in [0.1, 0.15) is 0 Å². The average Bonchev–Trinajstić information content (AvgIpc) is 2.68. The number of rotatable bonds is 4. The monoisotopic (exact) mass is 222 g/mol. The van der Waals surface area contributed by atoms with E-state index in [2.05, 4.69) is 16.1 Å². The van der Waals surface area contributed by atoms with Crippen molar-refractivity contribution in [1.82, 2.24) is 14.7 Å². The Balaban J connectivity index is 1.79. The van der Waals surface area contributed by atoms with E-state index in [1.807, 2.05) is 17.9 Å². The first-order chi connectivity index (χ1) is 7.79. The van der Waals surface area contributed by atoms with Crippen LogP contribution in [-0.2, 0) is 13.6 Å². The number of nitrogens with two attached hydrogens (primary N) is 1. The van der Waals surface area contributed by atoms with Crippen molar-refractivity contribution in [2.24, 2.45) is 18.7 Å². The summed E-state index contributed by atoms with van der Waals surface area (Å²) in [6.07, 6.45) is 5.67. The molecule has 1 aromatic rings. The summed E-state index contributed by atoms with van der Waals surface area (Å²) in [6.45, 7) is 4.28. The molecule has 0 aliphatic carbocycles. The Morgan fingerprint density at radius 1 is 1.44 bits per heavy atom. The molecule has 16 heavy (non-hydrogen) atoms. The molecule has 4 nitrogen and oxygen atoms in total. The van der Waals surface area contributed by atoms with Crippen molar-refractivity contribution in [1.29, 1.82) is 0 Å². The molecule has 1 fully saturated rings. The molecule has 0 radical (unpaired) electrons. The van der Waals surface area contributed by atoms with E-state index in [1.165, 1.54) is 38.0 Å². The number of hydrogen-bond acceptors (Lipinski definition) is 3. The van der Waals surface area contributed by atoms with E-state index in [9.17, 15) is 0 Å². The van der Waals surface area contributed by atoms with Crippen molar-refractivity contribution in [3.63, 3.8) is 0 Å². The van der Waals surface area contributed by atoms with E-state index in [0.29, 0.717) is 0 Å². The lowest BCUT2D eigenvalue weighted by molar-refractivity contribution is 0.170. The Hall–Kier alpha value is -0.870. The highest BCUT2D eigenvalue weighted by Crippen LogP contribution is 2.20. The zero-order valence-electron chi connectivity index (χ0n) is 10.1. The fourth-order valence-electron chi connectivity index (χ4n) is 2.45. The second-order valence-corrected chi connectivity index (χ2v) is 4.74. The molecule has 0 atom stereocenters. The summed E-state index contributed by atoms with van der Waals surface area (Å²) in [5.74, 6) is 0.854. The van der Waals surface area contributed by atoms with Crippen molar-refractivity contribution >= 4 is 0 Å². The Morgan fingerprint density at radius 2 is 2.19 bits per heavy atom. The molecule has 1 saturated heterocycles. The molecule has 2 rings (SSSR count). The maximum Gasteiger partial charge on any atom is 0.0521 e. The summed E-state index contributed by atoms with van der Waals surface area (Å²) in [4.78, 5) is 2.52. The van der Waals surface area contributed by atoms with Gasteiger partial charge in [0.05, 0.1) is 5.69 Å². The summed E-state index contributed by atoms with van der Waals surface area (Å²) in [7, 11) is 2.01. The number of piperidine rings is 1. The molecule has 0 unspecified atom stereocenters. The van der Waals surface area contributed by atoms with Crippen LogP contribution in [0, 0.1) is 5.92 Å². The second kappa shape index (κ2) is 5.46. The molecule has 0 amide bonds. The predicted molar refractivity (Wildman–Crippen MR) is 64.9 cm³/mol. The van der Waals surface area contributed by atoms with E-state index in [0.717, 1.165) is 19.0 Å². The largest absolute Gasteiger partial charge is 0.330 e. The molecule has 0 bridgehead atoms. The van der Waals surface area contributed by atoms with Crippen molar-refractivity contribution in [3.8, 4) is 0 Å². The molecule has 0 spiro atoms. The van der Waals surface area contributed by atoms with Gasteiger partial charge in [0, 0.05) is 19.8 Å². The first kappa shape index (κ1) is 11.6. The van der Waals surface area contributed by atoms with Crippen LogP contribution in [0.2, 0.25) is 0 Å². The van der Waals surface area contributed by atoms with Gasteiger partial charge in [-0.05, 0) is 50.9 Å². The number of aryl methyl sites for hydroxylation is 1. The van der Waals surface area contributed by atoms with Crippen LogP contribution in [0.1, 0.15) is 25.0 Å². The molecule has 1 aromatic heterocycles. The fraction of sp³-hybridized carbons (Fsp3) is 0.750. The van der Waals surface area contributed by atoms with E-state index >= 15 is 0 Å². The summed E-state index contributed by atoms with van der Waals surface area (Å²) in [6, 6.07) is 2.10. The minimum atomic E-state index is 0.840. The molecule has 1 aliphatic heterocycles. The van der Waals surface area contributed by atoms with Gasteiger partial charge in [0.15, 0.2) is 0 Å². The minimum absolute atomic E-state index is 0.840. The smallest absolute Gasteiger partial charge is 0.0521 e. The standard InChI is InChI=1S/C12H22N4/c1-15-12(3-7-14-15)10-16-8-4-11(2-6-13)5-9-16/h3,7,11H,2,4-6,8-10,13H2,1H3. The van der Waals surface area contributed by atoms with Gasteiger partial charge in [0.25, 0.3) is 0 Å². The third-order valence-electron chi connectivity index (χ3n) is 3.59. The third-order valence-corrected chi connectivity index (χ3v) is 3.59. The van der Waals surface area contributed by atoms with Gasteiger partial charge in [-0.2, -0.15) is 5.10 Å². The van der Waals surface area contributed by atoms with E-state index in [-0.39, 0.29) is 0 Å². The van der Waals surface area contributed by atoms with Gasteiger partial charge in [0.2, 0.25) is 0 Å². The third kappa shape index (κ3) is 2.83. The van der Waals surface area contributed by atoms with Crippen LogP contribution in [0.3, 0.4) is 0 Å². The summed E-state index contributed by atoms with van der Waals surface area (Å²) in [5.41, 5.74) is 6.90. The molecular weight excluding hydrogens is 200 g/mol. The van der Waals surface area contributed by atoms with E-state index in [1.54, 1.807) is 0 Å². The Bertz CT molecular complexity index is 313. The molecule has 90 valence electrons. The second-order valence-electron chi connectivity index (χ2n) is 4.74. The van der Waals surface area contributed by atoms with Crippen LogP contribution >= 0.6 is 0 Å². The normalized spacial score (nSPS) is 19.1. The van der Waals surface area contributed by atoms with Gasteiger partial charge < -0.3 is 5.73 Å². The van der Waals surface area contributed by atoms with Crippen molar-refractivity contribution in [2.45, 2.75) is 25.8 Å². The molecule has 0 aromatic carbocycles. The number of likely N-dealkylation sites (tertiary alicyclic amines) is 1. The summed E-state index contributed by atoms with van der Waals surface area (Å²) in [5, 5.41) is 4.20. The zero-order valence-corrected chi connectivity index (χ0v) is 10.1. The van der Waals surface area contributed by atoms with Crippen LogP contribution in [-0.4, -0.2) is 34.3 Å². The minimum Gasteiger partial charge on any atom is -0.330 e. The highest BCUT2D eigenvalue weighted by atomic mass is 15.3. The Kier molecular flexibility index (Phi) is 3.96. The zero-order chi connectivity index (χ0) is 11.4. The topological polar surface area (TPSA) is 47.1 Å². The van der Waals surface area contributed by atoms with Crippen LogP contribution < -0.4 is 5.73 Å². The molecular formula is C12H22N4. The lowest BCUT2D eigenvalue weighted by Gasteiger charge is -2.31. The van der Waals surface area contributed by atoms with Crippen molar-refractivity contribution < 1.29 is 0 Å². The number of aromatic nitrogens is 2. The highest BCUT2D eigenvalue weighted by molar-refractivity contribution is 4.99. The molecule has 0 saturated carbocycles. The van der Waals surface area contributed by atoms with Crippen LogP contribution in [0.25, 0.3) is 0 Å². The van der Waals surface area contributed by atoms with Crippen molar-refractivity contribution in [3.05, 3.63) is 18.0 Å². The predicted octanol–water partition coefficient (Wildman–Crippen LogP) is 0.981. The maximum absolute atomic E-state index is 5.60. The van der Waals surface area contributed by atoms with E-state index in [4.69, 9.17) is 5.73 Å². The number of nitrogens with zero attached hydrogens (tertiary/aromatic N) is 3. The summed E-state index contributed by atoms with van der Waals surface area (Å²) < 4.78 is 1.96. The first-order valence-electron chi connectivity index (χ1n) is 6.19. The van der Waals surface area contributed by atoms with Gasteiger partial charge >= 0.3 is 0 Å². The molecule has 4 heteroatoms. The molecule has 2 heterocycles. The van der Waals surface area contributed by atoms with Crippen LogP contribution in [0.5, 0.6) is 0 Å². The van der Waals surface area contributed by atoms with Crippen LogP contribution in [0.4, 0.5) is 0 Å². The van der Waals surface area contributed by atoms with Gasteiger partial charge in [-0.15, -0.1) is 0 Å². The van der Waals surface area contributed by atoms with Gasteiger partial charge in [-0.1, -0.05) is 0 Å². The number of hydrogen-bond donors (Lipinski definition) is 1. The first-order valence-corrected chi connectivity index (χ1v) is 6.19. The molecule has 1 aliphatic rings. The van der Waals surface area contributed by atoms with E-state index < -0.39 is 0 Å². The Labute approximate surface area is 97.4 Å². The van der Waals surface area contributed by atoms with Gasteiger partial charge in [-0.25, -0.2) is 0 Å². The summed E-state index contributed by atoms with van der Waals surface area (Å²) >= 11 is 0.